The van der Waals surface area contributed by atoms with Gasteiger partial charge in [-0.2, -0.15) is 0 Å². The zero-order valence-electron chi connectivity index (χ0n) is 16.4. The van der Waals surface area contributed by atoms with Gasteiger partial charge in [-0.3, -0.25) is 0 Å². The van der Waals surface area contributed by atoms with E-state index in [1.165, 1.54) is 98.0 Å². The van der Waals surface area contributed by atoms with Gasteiger partial charge in [-0.1, -0.05) is 0 Å². The average molecular weight is 372 g/mol. The molecule has 0 saturated carbocycles. The molecule has 0 saturated heterocycles. The van der Waals surface area contributed by atoms with Gasteiger partial charge in [-0.05, 0) is 56.2 Å². The molecule has 2 aromatic rings. The normalized spacial score (nSPS) is 21.0. The predicted molar refractivity (Wildman–Crippen MR) is 110 cm³/mol. The highest BCUT2D eigenvalue weighted by atomic mass is 16.5. The van der Waals surface area contributed by atoms with E-state index in [4.69, 9.17) is 9.73 Å². The highest BCUT2D eigenvalue weighted by molar-refractivity contribution is 5.76. The second-order valence-electron chi connectivity index (χ2n) is 9.02. The Bertz CT molecular complexity index is 1160. The van der Waals surface area contributed by atoms with E-state index in [1.807, 2.05) is 0 Å². The van der Waals surface area contributed by atoms with Gasteiger partial charge in [0.2, 0.25) is 5.36 Å². The first-order valence-electron chi connectivity index (χ1n) is 11.1. The maximum absolute atomic E-state index is 6.77. The van der Waals surface area contributed by atoms with Gasteiger partial charge in [0.1, 0.15) is 24.1 Å². The Morgan fingerprint density at radius 1 is 0.821 bits per heavy atom. The summed E-state index contributed by atoms with van der Waals surface area (Å²) in [5, 5.41) is 2.55. The van der Waals surface area contributed by atoms with Gasteiger partial charge in [-0.15, -0.1) is 0 Å². The van der Waals surface area contributed by atoms with Crippen molar-refractivity contribution >= 4 is 11.4 Å². The molecule has 0 spiro atoms. The standard InChI is InChI=1S/C24H26N3O/c1-5-15-13-19-23(17-7-3-11-26(9-1)21(15)17)28-24-18-8-4-12-27-10-2-6-16(22(18)27)14-20(24)25-19/h13-14H,1-12H2/q+1. The van der Waals surface area contributed by atoms with Crippen LogP contribution in [0.15, 0.2) is 17.1 Å². The number of hydrogen-bond acceptors (Lipinski definition) is 3. The molecule has 0 aliphatic carbocycles. The lowest BCUT2D eigenvalue weighted by atomic mass is 9.90. The lowest BCUT2D eigenvalue weighted by Crippen LogP contribution is -2.45. The van der Waals surface area contributed by atoms with E-state index in [1.54, 1.807) is 0 Å². The van der Waals surface area contributed by atoms with Gasteiger partial charge in [0, 0.05) is 42.7 Å². The van der Waals surface area contributed by atoms with Crippen molar-refractivity contribution in [3.05, 3.63) is 45.1 Å². The fraction of sp³-hybridized carbons (Fsp3) is 0.500. The summed E-state index contributed by atoms with van der Waals surface area (Å²) >= 11 is 0. The molecule has 142 valence electrons. The number of aryl methyl sites for hydroxylation is 2. The lowest BCUT2D eigenvalue weighted by molar-refractivity contribution is 0.429. The average Bonchev–Trinajstić information content (AvgIpc) is 2.74. The summed E-state index contributed by atoms with van der Waals surface area (Å²) in [5.41, 5.74) is 8.36. The Morgan fingerprint density at radius 3 is 2.54 bits per heavy atom. The summed E-state index contributed by atoms with van der Waals surface area (Å²) < 4.78 is 9.36. The van der Waals surface area contributed by atoms with Crippen molar-refractivity contribution in [3.8, 4) is 11.5 Å². The number of benzene rings is 2. The van der Waals surface area contributed by atoms with Gasteiger partial charge >= 0.3 is 0 Å². The van der Waals surface area contributed by atoms with Crippen molar-refractivity contribution in [2.24, 2.45) is 4.99 Å². The third kappa shape index (κ3) is 2.01. The van der Waals surface area contributed by atoms with Crippen LogP contribution < -0.4 is 24.9 Å². The molecule has 0 bridgehead atoms. The summed E-state index contributed by atoms with van der Waals surface area (Å²) in [6.07, 6.45) is 9.58. The van der Waals surface area contributed by atoms with Crippen molar-refractivity contribution in [2.45, 2.75) is 51.4 Å². The molecule has 2 aromatic carbocycles. The Hall–Kier alpha value is -2.36. The number of hydrogen-bond donors (Lipinski definition) is 0. The van der Waals surface area contributed by atoms with Crippen LogP contribution in [-0.4, -0.2) is 26.2 Å². The van der Waals surface area contributed by atoms with Crippen LogP contribution in [0.1, 0.15) is 47.9 Å². The highest BCUT2D eigenvalue weighted by Gasteiger charge is 2.33. The van der Waals surface area contributed by atoms with Crippen molar-refractivity contribution in [2.75, 3.05) is 31.1 Å². The maximum atomic E-state index is 6.77. The SMILES string of the molecule is c1c2c3c(c4c1N=c1cc5c6c(c1O4)CCC[N+]=6CCC5)CCCN3CCC2. The number of fused-ring (bicyclic) bond motifs is 4. The molecular weight excluding hydrogens is 346 g/mol. The first-order chi connectivity index (χ1) is 13.9. The molecule has 5 aliphatic rings. The Morgan fingerprint density at radius 2 is 1.61 bits per heavy atom. The second-order valence-corrected chi connectivity index (χ2v) is 9.02. The molecule has 0 fully saturated rings. The molecule has 0 aromatic heterocycles. The van der Waals surface area contributed by atoms with E-state index in [0.717, 1.165) is 35.4 Å². The lowest BCUT2D eigenvalue weighted by Gasteiger charge is -2.38. The second kappa shape index (κ2) is 5.59. The summed E-state index contributed by atoms with van der Waals surface area (Å²) in [6.45, 7) is 4.78. The van der Waals surface area contributed by atoms with Crippen LogP contribution in [0.5, 0.6) is 11.5 Å². The molecular formula is C24H26N3O+. The largest absolute Gasteiger partial charge is 0.452 e. The fourth-order valence-electron chi connectivity index (χ4n) is 6.25. The molecule has 0 amide bonds. The van der Waals surface area contributed by atoms with Gasteiger partial charge in [0.25, 0.3) is 0 Å². The van der Waals surface area contributed by atoms with Crippen molar-refractivity contribution < 1.29 is 4.74 Å². The smallest absolute Gasteiger partial charge is 0.210 e. The first-order valence-corrected chi connectivity index (χ1v) is 11.1. The van der Waals surface area contributed by atoms with Crippen LogP contribution in [0.3, 0.4) is 0 Å². The van der Waals surface area contributed by atoms with Crippen LogP contribution in [0.2, 0.25) is 0 Å². The van der Waals surface area contributed by atoms with Crippen LogP contribution in [-0.2, 0) is 25.7 Å². The molecule has 0 unspecified atom stereocenters. The van der Waals surface area contributed by atoms with Crippen LogP contribution in [0, 0.1) is 0 Å². The zero-order chi connectivity index (χ0) is 18.2. The number of anilines is 1. The molecule has 7 rings (SSSR count). The third-order valence-electron chi connectivity index (χ3n) is 7.35. The Labute approximate surface area is 165 Å². The molecule has 0 atom stereocenters. The molecule has 4 nitrogen and oxygen atoms in total. The molecule has 0 N–H and O–H groups in total. The van der Waals surface area contributed by atoms with Crippen molar-refractivity contribution in [1.29, 1.82) is 0 Å². The summed E-state index contributed by atoms with van der Waals surface area (Å²) in [5.74, 6) is 2.11. The minimum atomic E-state index is 1.06. The number of rotatable bonds is 0. The first kappa shape index (κ1) is 15.5. The van der Waals surface area contributed by atoms with Crippen LogP contribution in [0.25, 0.3) is 0 Å². The van der Waals surface area contributed by atoms with Crippen LogP contribution >= 0.6 is 0 Å². The molecule has 0 radical (unpaired) electrons. The Kier molecular flexibility index (Phi) is 3.10. The minimum absolute atomic E-state index is 1.06. The molecule has 5 heterocycles. The van der Waals surface area contributed by atoms with Crippen molar-refractivity contribution in [3.63, 3.8) is 0 Å². The van der Waals surface area contributed by atoms with Crippen molar-refractivity contribution in [1.82, 2.24) is 4.58 Å². The number of ether oxygens (including phenoxy) is 1. The maximum Gasteiger partial charge on any atom is 0.210 e. The quantitative estimate of drug-likeness (QED) is 0.568. The highest BCUT2D eigenvalue weighted by Crippen LogP contribution is 2.48. The van der Waals surface area contributed by atoms with E-state index in [0.29, 0.717) is 0 Å². The topological polar surface area (TPSA) is 27.8 Å². The molecule has 5 aliphatic heterocycles. The fourth-order valence-corrected chi connectivity index (χ4v) is 6.25. The van der Waals surface area contributed by atoms with E-state index >= 15 is 0 Å². The number of nitrogens with zero attached hydrogens (tertiary/aromatic N) is 3. The molecule has 4 heteroatoms. The van der Waals surface area contributed by atoms with E-state index < -0.39 is 0 Å². The summed E-state index contributed by atoms with van der Waals surface area (Å²) in [6, 6.07) is 4.65. The zero-order valence-corrected chi connectivity index (χ0v) is 16.4. The minimum Gasteiger partial charge on any atom is -0.452 e. The monoisotopic (exact) mass is 372 g/mol. The summed E-state index contributed by atoms with van der Waals surface area (Å²) in [7, 11) is 0. The molecule has 28 heavy (non-hydrogen) atoms. The van der Waals surface area contributed by atoms with Crippen LogP contribution in [0.4, 0.5) is 11.4 Å². The van der Waals surface area contributed by atoms with E-state index in [-0.39, 0.29) is 0 Å². The van der Waals surface area contributed by atoms with E-state index in [2.05, 4.69) is 21.6 Å². The third-order valence-corrected chi connectivity index (χ3v) is 7.35. The Balaban J connectivity index is 1.52. The van der Waals surface area contributed by atoms with Gasteiger partial charge in [-0.25, -0.2) is 9.57 Å². The summed E-state index contributed by atoms with van der Waals surface area (Å²) in [4.78, 5) is 7.77. The van der Waals surface area contributed by atoms with Gasteiger partial charge in [0.15, 0.2) is 11.5 Å². The predicted octanol–water partition coefficient (Wildman–Crippen LogP) is 2.83. The van der Waals surface area contributed by atoms with Gasteiger partial charge < -0.3 is 9.64 Å². The van der Waals surface area contributed by atoms with E-state index in [9.17, 15) is 0 Å². The van der Waals surface area contributed by atoms with Gasteiger partial charge in [0.05, 0.1) is 5.56 Å².